The van der Waals surface area contributed by atoms with Crippen molar-refractivity contribution < 1.29 is 9.53 Å². The summed E-state index contributed by atoms with van der Waals surface area (Å²) < 4.78 is 4.94. The van der Waals surface area contributed by atoms with Gasteiger partial charge in [0.15, 0.2) is 0 Å². The Kier molecular flexibility index (Phi) is 5.75. The number of hydrogen-bond acceptors (Lipinski definition) is 3. The number of hydrogen-bond donors (Lipinski definition) is 1. The molecule has 0 atom stereocenters. The largest absolute Gasteiger partial charge is 0.392 e. The summed E-state index contributed by atoms with van der Waals surface area (Å²) in [4.78, 5) is 14.0. The molecule has 0 aromatic carbocycles. The van der Waals surface area contributed by atoms with Crippen LogP contribution < -0.4 is 5.73 Å². The van der Waals surface area contributed by atoms with Crippen LogP contribution in [0.15, 0.2) is 0 Å². The number of likely N-dealkylation sites (N-methyl/N-ethyl adjacent to an activating group) is 1. The van der Waals surface area contributed by atoms with Gasteiger partial charge in [0.1, 0.15) is 0 Å². The Morgan fingerprint density at radius 1 is 1.53 bits per heavy atom. The van der Waals surface area contributed by atoms with E-state index in [-0.39, 0.29) is 10.9 Å². The lowest BCUT2D eigenvalue weighted by atomic mass is 9.91. The molecule has 0 aromatic rings. The third kappa shape index (κ3) is 3.76. The molecule has 0 aromatic heterocycles. The van der Waals surface area contributed by atoms with Crippen LogP contribution in [0.2, 0.25) is 0 Å². The van der Waals surface area contributed by atoms with Crippen molar-refractivity contribution in [2.75, 3.05) is 26.8 Å². The van der Waals surface area contributed by atoms with Gasteiger partial charge in [0.05, 0.1) is 17.0 Å². The van der Waals surface area contributed by atoms with Crippen molar-refractivity contribution in [1.29, 1.82) is 0 Å². The molecule has 1 amide bonds. The molecular weight excluding hydrogens is 212 g/mol. The summed E-state index contributed by atoms with van der Waals surface area (Å²) in [6, 6.07) is 0. The van der Waals surface area contributed by atoms with Crippen molar-refractivity contribution >= 4 is 23.1 Å². The zero-order valence-corrected chi connectivity index (χ0v) is 10.7. The highest BCUT2D eigenvalue weighted by Gasteiger charge is 2.34. The Morgan fingerprint density at radius 3 is 2.40 bits per heavy atom. The summed E-state index contributed by atoms with van der Waals surface area (Å²) in [5.74, 6) is -0.0467. The molecule has 4 nitrogen and oxygen atoms in total. The highest BCUT2D eigenvalue weighted by atomic mass is 32.1. The zero-order valence-electron chi connectivity index (χ0n) is 9.87. The van der Waals surface area contributed by atoms with Crippen LogP contribution >= 0.6 is 12.2 Å². The molecule has 0 bridgehead atoms. The Balaban J connectivity index is 4.57. The number of carbonyl (C=O) groups is 1. The highest BCUT2D eigenvalue weighted by molar-refractivity contribution is 7.80. The Labute approximate surface area is 96.8 Å². The van der Waals surface area contributed by atoms with E-state index in [1.807, 2.05) is 6.92 Å². The monoisotopic (exact) mass is 232 g/mol. The first kappa shape index (κ1) is 14.3. The van der Waals surface area contributed by atoms with E-state index in [0.717, 1.165) is 0 Å². The Morgan fingerprint density at radius 2 is 2.07 bits per heavy atom. The van der Waals surface area contributed by atoms with Crippen molar-refractivity contribution in [2.24, 2.45) is 11.1 Å². The number of amides is 1. The van der Waals surface area contributed by atoms with Crippen molar-refractivity contribution in [2.45, 2.75) is 20.8 Å². The number of thiocarbonyl (C=S) groups is 1. The van der Waals surface area contributed by atoms with E-state index in [2.05, 4.69) is 0 Å². The predicted octanol–water partition coefficient (Wildman–Crippen LogP) is 0.794. The van der Waals surface area contributed by atoms with Crippen LogP contribution in [-0.4, -0.2) is 42.6 Å². The summed E-state index contributed by atoms with van der Waals surface area (Å²) in [7, 11) is 1.61. The van der Waals surface area contributed by atoms with Gasteiger partial charge in [0.2, 0.25) is 5.91 Å². The van der Waals surface area contributed by atoms with Gasteiger partial charge in [0, 0.05) is 20.2 Å². The number of methoxy groups -OCH3 is 1. The van der Waals surface area contributed by atoms with Crippen molar-refractivity contribution in [3.05, 3.63) is 0 Å². The molecule has 0 aliphatic heterocycles. The first-order valence-electron chi connectivity index (χ1n) is 4.96. The van der Waals surface area contributed by atoms with Crippen LogP contribution in [0.3, 0.4) is 0 Å². The summed E-state index contributed by atoms with van der Waals surface area (Å²) in [6.07, 6.45) is 0. The number of nitrogens with zero attached hydrogens (tertiary/aromatic N) is 1. The molecular formula is C10H20N2O2S. The van der Waals surface area contributed by atoms with Crippen LogP contribution in [-0.2, 0) is 9.53 Å². The minimum Gasteiger partial charge on any atom is -0.392 e. The summed E-state index contributed by atoms with van der Waals surface area (Å²) in [5, 5.41) is 0. The van der Waals surface area contributed by atoms with Crippen LogP contribution in [0.4, 0.5) is 0 Å². The maximum Gasteiger partial charge on any atom is 0.235 e. The quantitative estimate of drug-likeness (QED) is 0.688. The van der Waals surface area contributed by atoms with E-state index in [4.69, 9.17) is 22.7 Å². The molecule has 0 rings (SSSR count). The maximum absolute atomic E-state index is 12.0. The van der Waals surface area contributed by atoms with Gasteiger partial charge in [-0.2, -0.15) is 0 Å². The standard InChI is InChI=1S/C10H20N2O2S/c1-5-12(6-7-14-4)9(13)10(2,3)8(11)15/h5-7H2,1-4H3,(H2,11,15). The number of nitrogens with two attached hydrogens (primary N) is 1. The topological polar surface area (TPSA) is 55.6 Å². The SMILES string of the molecule is CCN(CCOC)C(=O)C(C)(C)C(N)=S. The summed E-state index contributed by atoms with van der Waals surface area (Å²) in [5.41, 5.74) is 4.77. The lowest BCUT2D eigenvalue weighted by molar-refractivity contribution is -0.137. The molecule has 0 aliphatic carbocycles. The van der Waals surface area contributed by atoms with Crippen LogP contribution in [0.25, 0.3) is 0 Å². The fourth-order valence-electron chi connectivity index (χ4n) is 1.11. The van der Waals surface area contributed by atoms with Gasteiger partial charge in [-0.3, -0.25) is 4.79 Å². The van der Waals surface area contributed by atoms with Crippen molar-refractivity contribution in [3.8, 4) is 0 Å². The van der Waals surface area contributed by atoms with Gasteiger partial charge in [0.25, 0.3) is 0 Å². The first-order valence-corrected chi connectivity index (χ1v) is 5.37. The molecule has 0 unspecified atom stereocenters. The van der Waals surface area contributed by atoms with Crippen LogP contribution in [0.1, 0.15) is 20.8 Å². The van der Waals surface area contributed by atoms with Gasteiger partial charge in [-0.05, 0) is 20.8 Å². The third-order valence-corrected chi connectivity index (χ3v) is 2.90. The minimum atomic E-state index is -0.779. The molecule has 0 radical (unpaired) electrons. The molecule has 0 aliphatic rings. The molecule has 0 saturated heterocycles. The van der Waals surface area contributed by atoms with E-state index in [0.29, 0.717) is 19.7 Å². The van der Waals surface area contributed by atoms with Gasteiger partial charge in [-0.1, -0.05) is 12.2 Å². The van der Waals surface area contributed by atoms with Crippen LogP contribution in [0.5, 0.6) is 0 Å². The third-order valence-electron chi connectivity index (χ3n) is 2.38. The second kappa shape index (κ2) is 6.02. The lowest BCUT2D eigenvalue weighted by Gasteiger charge is -2.30. The van der Waals surface area contributed by atoms with E-state index < -0.39 is 5.41 Å². The normalized spacial score (nSPS) is 11.2. The van der Waals surface area contributed by atoms with E-state index >= 15 is 0 Å². The minimum absolute atomic E-state index is 0.0467. The Bertz CT molecular complexity index is 242. The maximum atomic E-state index is 12.0. The Hall–Kier alpha value is -0.680. The molecule has 2 N–H and O–H groups in total. The van der Waals surface area contributed by atoms with Crippen molar-refractivity contribution in [1.82, 2.24) is 4.90 Å². The molecule has 0 fully saturated rings. The average Bonchev–Trinajstić information content (AvgIpc) is 2.18. The summed E-state index contributed by atoms with van der Waals surface area (Å²) in [6.45, 7) is 7.13. The second-order valence-electron chi connectivity index (χ2n) is 3.87. The summed E-state index contributed by atoms with van der Waals surface area (Å²) >= 11 is 4.89. The fourth-order valence-corrected chi connectivity index (χ4v) is 1.19. The van der Waals surface area contributed by atoms with Gasteiger partial charge in [-0.15, -0.1) is 0 Å². The molecule has 5 heteroatoms. The fraction of sp³-hybridized carbons (Fsp3) is 0.800. The average molecular weight is 232 g/mol. The van der Waals surface area contributed by atoms with E-state index in [9.17, 15) is 4.79 Å². The molecule has 0 saturated carbocycles. The number of carbonyl (C=O) groups excluding carboxylic acids is 1. The van der Waals surface area contributed by atoms with E-state index in [1.165, 1.54) is 0 Å². The lowest BCUT2D eigenvalue weighted by Crippen LogP contribution is -2.48. The first-order chi connectivity index (χ1) is 6.87. The number of rotatable bonds is 6. The molecule has 15 heavy (non-hydrogen) atoms. The van der Waals surface area contributed by atoms with E-state index in [1.54, 1.807) is 25.9 Å². The molecule has 88 valence electrons. The van der Waals surface area contributed by atoms with Gasteiger partial charge >= 0.3 is 0 Å². The number of ether oxygens (including phenoxy) is 1. The smallest absolute Gasteiger partial charge is 0.235 e. The molecule has 0 spiro atoms. The second-order valence-corrected chi connectivity index (χ2v) is 4.31. The van der Waals surface area contributed by atoms with Gasteiger partial charge < -0.3 is 15.4 Å². The van der Waals surface area contributed by atoms with Crippen LogP contribution in [0, 0.1) is 5.41 Å². The highest BCUT2D eigenvalue weighted by Crippen LogP contribution is 2.19. The zero-order chi connectivity index (χ0) is 12.1. The van der Waals surface area contributed by atoms with Crippen molar-refractivity contribution in [3.63, 3.8) is 0 Å². The molecule has 0 heterocycles. The van der Waals surface area contributed by atoms with Gasteiger partial charge in [-0.25, -0.2) is 0 Å². The predicted molar refractivity (Wildman–Crippen MR) is 64.7 cm³/mol.